The van der Waals surface area contributed by atoms with Crippen LogP contribution in [0.3, 0.4) is 0 Å². The van der Waals surface area contributed by atoms with Crippen molar-refractivity contribution >= 4 is 10.9 Å². The van der Waals surface area contributed by atoms with Crippen molar-refractivity contribution in [1.29, 1.82) is 0 Å². The van der Waals surface area contributed by atoms with Crippen molar-refractivity contribution in [3.8, 4) is 0 Å². The maximum absolute atomic E-state index is 5.94. The normalized spacial score (nSPS) is 21.8. The Morgan fingerprint density at radius 2 is 2.35 bits per heavy atom. The summed E-state index contributed by atoms with van der Waals surface area (Å²) in [5.41, 5.74) is 3.70. The van der Waals surface area contributed by atoms with Gasteiger partial charge in [-0.25, -0.2) is 4.98 Å². The van der Waals surface area contributed by atoms with E-state index in [-0.39, 0.29) is 6.10 Å². The Morgan fingerprint density at radius 1 is 1.39 bits per heavy atom. The van der Waals surface area contributed by atoms with Crippen molar-refractivity contribution in [3.05, 3.63) is 54.2 Å². The summed E-state index contributed by atoms with van der Waals surface area (Å²) in [5.74, 6) is 0. The molecule has 0 amide bonds. The summed E-state index contributed by atoms with van der Waals surface area (Å²) in [6.45, 7) is 1.67. The van der Waals surface area contributed by atoms with Crippen molar-refractivity contribution in [2.45, 2.75) is 31.5 Å². The van der Waals surface area contributed by atoms with Crippen LogP contribution in [-0.4, -0.2) is 27.2 Å². The summed E-state index contributed by atoms with van der Waals surface area (Å²) in [7, 11) is 2.02. The van der Waals surface area contributed by atoms with E-state index in [1.54, 1.807) is 0 Å². The minimum Gasteiger partial charge on any atom is -0.372 e. The van der Waals surface area contributed by atoms with Crippen LogP contribution in [0.1, 0.15) is 30.2 Å². The second-order valence-corrected chi connectivity index (χ2v) is 6.25. The highest BCUT2D eigenvalue weighted by molar-refractivity contribution is 5.82. The second kappa shape index (κ2) is 6.18. The molecule has 2 N–H and O–H groups in total. The van der Waals surface area contributed by atoms with E-state index in [1.807, 2.05) is 30.3 Å². The first-order valence-electron chi connectivity index (χ1n) is 8.17. The smallest absolute Gasteiger partial charge is 0.100 e. The molecule has 0 radical (unpaired) electrons. The molecule has 1 aromatic carbocycles. The van der Waals surface area contributed by atoms with E-state index in [0.717, 1.165) is 31.7 Å². The van der Waals surface area contributed by atoms with Crippen LogP contribution in [0.25, 0.3) is 10.9 Å². The van der Waals surface area contributed by atoms with Gasteiger partial charge in [0.1, 0.15) is 6.10 Å². The molecule has 5 heteroatoms. The molecule has 0 spiro atoms. The Hall–Kier alpha value is -2.11. The zero-order chi connectivity index (χ0) is 15.6. The number of ether oxygens (including phenoxy) is 1. The van der Waals surface area contributed by atoms with Gasteiger partial charge in [0.2, 0.25) is 0 Å². The average molecular weight is 310 g/mol. The van der Waals surface area contributed by atoms with Gasteiger partial charge in [0, 0.05) is 38.0 Å². The predicted molar refractivity (Wildman–Crippen MR) is 90.1 cm³/mol. The number of benzene rings is 1. The second-order valence-electron chi connectivity index (χ2n) is 6.25. The number of hydrogen-bond donors (Lipinski definition) is 2. The van der Waals surface area contributed by atoms with Gasteiger partial charge in [0.05, 0.1) is 18.2 Å². The average Bonchev–Trinajstić information content (AvgIpc) is 3.22. The van der Waals surface area contributed by atoms with Crippen molar-refractivity contribution in [2.24, 2.45) is 7.05 Å². The predicted octanol–water partition coefficient (Wildman–Crippen LogP) is 2.91. The molecule has 1 saturated heterocycles. The molecule has 3 heterocycles. The maximum Gasteiger partial charge on any atom is 0.100 e. The van der Waals surface area contributed by atoms with Crippen LogP contribution in [0.5, 0.6) is 0 Å². The van der Waals surface area contributed by atoms with Gasteiger partial charge >= 0.3 is 0 Å². The fourth-order valence-corrected chi connectivity index (χ4v) is 3.42. The Bertz CT molecular complexity index is 791. The number of hydrogen-bond acceptors (Lipinski definition) is 3. The van der Waals surface area contributed by atoms with Gasteiger partial charge in [-0.15, -0.1) is 0 Å². The van der Waals surface area contributed by atoms with E-state index in [9.17, 15) is 0 Å². The van der Waals surface area contributed by atoms with Gasteiger partial charge < -0.3 is 19.6 Å². The highest BCUT2D eigenvalue weighted by atomic mass is 16.5. The molecule has 0 saturated carbocycles. The van der Waals surface area contributed by atoms with Crippen molar-refractivity contribution in [2.75, 3.05) is 6.61 Å². The van der Waals surface area contributed by atoms with Crippen LogP contribution in [0.15, 0.2) is 43.0 Å². The number of aromatic nitrogens is 3. The van der Waals surface area contributed by atoms with Gasteiger partial charge in [-0.2, -0.15) is 0 Å². The van der Waals surface area contributed by atoms with Crippen LogP contribution >= 0.6 is 0 Å². The lowest BCUT2D eigenvalue weighted by atomic mass is 10.0. The first kappa shape index (κ1) is 14.5. The topological polar surface area (TPSA) is 54.9 Å². The molecule has 1 aliphatic rings. The molecule has 3 aromatic rings. The lowest BCUT2D eigenvalue weighted by Gasteiger charge is -2.30. The van der Waals surface area contributed by atoms with E-state index in [2.05, 4.69) is 39.6 Å². The molecule has 5 nitrogen and oxygen atoms in total. The minimum atomic E-state index is 0.134. The third kappa shape index (κ3) is 2.90. The van der Waals surface area contributed by atoms with Gasteiger partial charge in [0.15, 0.2) is 0 Å². The van der Waals surface area contributed by atoms with E-state index in [4.69, 9.17) is 4.74 Å². The van der Waals surface area contributed by atoms with Gasteiger partial charge in [-0.1, -0.05) is 18.2 Å². The van der Waals surface area contributed by atoms with E-state index < -0.39 is 0 Å². The largest absolute Gasteiger partial charge is 0.372 e. The third-order valence-electron chi connectivity index (χ3n) is 4.72. The van der Waals surface area contributed by atoms with E-state index >= 15 is 0 Å². The number of nitrogens with one attached hydrogen (secondary N) is 2. The van der Waals surface area contributed by atoms with E-state index in [1.165, 1.54) is 16.5 Å². The Morgan fingerprint density at radius 3 is 3.22 bits per heavy atom. The summed E-state index contributed by atoms with van der Waals surface area (Å²) in [5, 5.41) is 4.97. The molecule has 1 aliphatic heterocycles. The van der Waals surface area contributed by atoms with Gasteiger partial charge in [-0.3, -0.25) is 0 Å². The maximum atomic E-state index is 5.94. The number of fused-ring (bicyclic) bond motifs is 1. The minimum absolute atomic E-state index is 0.134. The Kier molecular flexibility index (Phi) is 3.89. The molecule has 2 atom stereocenters. The highest BCUT2D eigenvalue weighted by Crippen LogP contribution is 2.28. The molecule has 4 rings (SSSR count). The number of aryl methyl sites for hydroxylation is 1. The van der Waals surface area contributed by atoms with Gasteiger partial charge in [-0.05, 0) is 29.9 Å². The molecule has 23 heavy (non-hydrogen) atoms. The number of para-hydroxylation sites is 1. The Balaban J connectivity index is 1.43. The number of nitrogens with zero attached hydrogens (tertiary/aromatic N) is 2. The summed E-state index contributed by atoms with van der Waals surface area (Å²) >= 11 is 0. The van der Waals surface area contributed by atoms with Crippen molar-refractivity contribution in [1.82, 2.24) is 19.9 Å². The zero-order valence-electron chi connectivity index (χ0n) is 13.3. The number of aromatic amines is 1. The van der Waals surface area contributed by atoms with Crippen LogP contribution in [0.4, 0.5) is 0 Å². The zero-order valence-corrected chi connectivity index (χ0v) is 13.3. The molecule has 2 unspecified atom stereocenters. The standard InChI is InChI=1S/C18H22N4O/c1-22-12-19-11-16(22)17-9-15(6-8-23-17)21-10-14-4-2-3-13-5-7-20-18(13)14/h2-5,7,11-12,15,17,20-21H,6,8-10H2,1H3. The third-order valence-corrected chi connectivity index (χ3v) is 4.72. The molecule has 1 fully saturated rings. The molecule has 2 aromatic heterocycles. The number of H-pyrrole nitrogens is 1. The molecule has 120 valence electrons. The molecule has 0 aliphatic carbocycles. The number of imidazole rings is 1. The van der Waals surface area contributed by atoms with Crippen molar-refractivity contribution < 1.29 is 4.74 Å². The van der Waals surface area contributed by atoms with Crippen LogP contribution in [0, 0.1) is 0 Å². The van der Waals surface area contributed by atoms with Gasteiger partial charge in [0.25, 0.3) is 0 Å². The molecular formula is C18H22N4O. The molecular weight excluding hydrogens is 288 g/mol. The number of rotatable bonds is 4. The lowest BCUT2D eigenvalue weighted by Crippen LogP contribution is -2.36. The monoisotopic (exact) mass is 310 g/mol. The van der Waals surface area contributed by atoms with Crippen LogP contribution in [0.2, 0.25) is 0 Å². The summed E-state index contributed by atoms with van der Waals surface area (Å²) in [4.78, 5) is 7.54. The summed E-state index contributed by atoms with van der Waals surface area (Å²) in [6.07, 6.45) is 7.92. The molecule has 0 bridgehead atoms. The summed E-state index contributed by atoms with van der Waals surface area (Å²) in [6, 6.07) is 9.03. The fraction of sp³-hybridized carbons (Fsp3) is 0.389. The lowest BCUT2D eigenvalue weighted by molar-refractivity contribution is -0.00402. The fourth-order valence-electron chi connectivity index (χ4n) is 3.42. The Labute approximate surface area is 135 Å². The van der Waals surface area contributed by atoms with Crippen LogP contribution in [-0.2, 0) is 18.3 Å². The van der Waals surface area contributed by atoms with Crippen molar-refractivity contribution in [3.63, 3.8) is 0 Å². The summed E-state index contributed by atoms with van der Waals surface area (Å²) < 4.78 is 7.98. The quantitative estimate of drug-likeness (QED) is 0.779. The highest BCUT2D eigenvalue weighted by Gasteiger charge is 2.25. The SMILES string of the molecule is Cn1cncc1C1CC(NCc2cccc3cc[nH]c23)CCO1. The van der Waals surface area contributed by atoms with Crippen LogP contribution < -0.4 is 5.32 Å². The van der Waals surface area contributed by atoms with E-state index in [0.29, 0.717) is 6.04 Å². The first-order chi connectivity index (χ1) is 11.3. The first-order valence-corrected chi connectivity index (χ1v) is 8.17.